The van der Waals surface area contributed by atoms with Gasteiger partial charge in [0.15, 0.2) is 5.82 Å². The molecule has 15 heteroatoms. The highest BCUT2D eigenvalue weighted by molar-refractivity contribution is 6.32. The van der Waals surface area contributed by atoms with Crippen LogP contribution in [-0.4, -0.2) is 76.6 Å². The first-order chi connectivity index (χ1) is 20.3. The lowest BCUT2D eigenvalue weighted by atomic mass is 9.74. The molecule has 5 heterocycles. The van der Waals surface area contributed by atoms with Crippen molar-refractivity contribution in [2.75, 3.05) is 44.0 Å². The molecule has 43 heavy (non-hydrogen) atoms. The number of hydrogen-bond donors (Lipinski definition) is 1. The number of nitrogen functional groups attached to an aromatic ring is 1. The van der Waals surface area contributed by atoms with Crippen LogP contribution < -0.4 is 20.1 Å². The normalized spacial score (nSPS) is 28.6. The van der Waals surface area contributed by atoms with Gasteiger partial charge in [0, 0.05) is 44.1 Å². The molecule has 8 nitrogen and oxygen atoms in total. The standard InChI is InChI=1S/C28H27ClF6N6O2/c1-40-23-18-22(38-25(39-23)43-11-26-3-2-4-41(26)10-14(31)9-26)20(32)21(37-24(18)42-12-27(40)7-13(30)8-27)16-5-15(36)6-17(29)19(16)28(33,34)35/h5-6,13-14H,2-4,7-12,36H2,1H3/t13?,14-,26+,27?/m1/s1. The van der Waals surface area contributed by atoms with Crippen LogP contribution >= 0.6 is 11.6 Å². The van der Waals surface area contributed by atoms with Crippen molar-refractivity contribution >= 4 is 34.0 Å². The van der Waals surface area contributed by atoms with Crippen LogP contribution in [0.3, 0.4) is 0 Å². The van der Waals surface area contributed by atoms with Crippen molar-refractivity contribution in [3.63, 3.8) is 0 Å². The van der Waals surface area contributed by atoms with E-state index in [4.69, 9.17) is 26.8 Å². The molecule has 0 radical (unpaired) electrons. The van der Waals surface area contributed by atoms with Crippen molar-refractivity contribution < 1.29 is 35.8 Å². The maximum Gasteiger partial charge on any atom is 0.418 e. The van der Waals surface area contributed by atoms with Crippen molar-refractivity contribution in [2.24, 2.45) is 0 Å². The number of alkyl halides is 5. The summed E-state index contributed by atoms with van der Waals surface area (Å²) in [5, 5.41) is -0.725. The van der Waals surface area contributed by atoms with Crippen molar-refractivity contribution in [1.82, 2.24) is 19.9 Å². The number of likely N-dealkylation sites (N-methyl/N-ethyl adjacent to an activating group) is 1. The SMILES string of the molecule is CN1c2nc(OC[C@@]34CCCN3C[C@H](F)C4)nc3c(F)c(-c4cc(N)cc(Cl)c4C(F)(F)F)nc(c23)OCC12CC(F)C2. The zero-order valence-electron chi connectivity index (χ0n) is 22.9. The molecule has 2 atom stereocenters. The number of anilines is 2. The average Bonchev–Trinajstić information content (AvgIpc) is 3.40. The average molecular weight is 629 g/mol. The lowest BCUT2D eigenvalue weighted by Gasteiger charge is -2.49. The molecule has 2 N–H and O–H groups in total. The number of aromatic nitrogens is 3. The molecule has 0 unspecified atom stereocenters. The van der Waals surface area contributed by atoms with Crippen LogP contribution in [0, 0.1) is 5.82 Å². The summed E-state index contributed by atoms with van der Waals surface area (Å²) in [6.45, 7) is 0.963. The van der Waals surface area contributed by atoms with Crippen molar-refractivity contribution in [1.29, 1.82) is 0 Å². The van der Waals surface area contributed by atoms with Gasteiger partial charge in [0.05, 0.1) is 21.7 Å². The van der Waals surface area contributed by atoms with E-state index in [-0.39, 0.29) is 67.8 Å². The van der Waals surface area contributed by atoms with Gasteiger partial charge in [-0.15, -0.1) is 0 Å². The Morgan fingerprint density at radius 3 is 2.63 bits per heavy atom. The first-order valence-electron chi connectivity index (χ1n) is 13.9. The molecule has 0 amide bonds. The Morgan fingerprint density at radius 2 is 1.91 bits per heavy atom. The molecule has 2 saturated heterocycles. The number of halogens is 7. The number of ether oxygens (including phenoxy) is 2. The van der Waals surface area contributed by atoms with Crippen LogP contribution in [0.1, 0.15) is 37.7 Å². The minimum absolute atomic E-state index is 0.00388. The van der Waals surface area contributed by atoms with Gasteiger partial charge in [0.25, 0.3) is 0 Å². The van der Waals surface area contributed by atoms with E-state index in [1.807, 2.05) is 4.90 Å². The first-order valence-corrected chi connectivity index (χ1v) is 14.3. The maximum atomic E-state index is 16.5. The Morgan fingerprint density at radius 1 is 1.14 bits per heavy atom. The highest BCUT2D eigenvalue weighted by atomic mass is 35.5. The summed E-state index contributed by atoms with van der Waals surface area (Å²) in [7, 11) is 1.66. The van der Waals surface area contributed by atoms with Gasteiger partial charge in [-0.05, 0) is 31.5 Å². The van der Waals surface area contributed by atoms with E-state index in [1.165, 1.54) is 0 Å². The zero-order chi connectivity index (χ0) is 30.5. The maximum absolute atomic E-state index is 16.5. The minimum Gasteiger partial charge on any atom is -0.475 e. The van der Waals surface area contributed by atoms with Crippen molar-refractivity contribution in [3.05, 3.63) is 28.5 Å². The lowest BCUT2D eigenvalue weighted by Crippen LogP contribution is -2.60. The van der Waals surface area contributed by atoms with Crippen LogP contribution in [0.4, 0.5) is 37.8 Å². The highest BCUT2D eigenvalue weighted by Crippen LogP contribution is 2.50. The van der Waals surface area contributed by atoms with Crippen LogP contribution in [0.25, 0.3) is 22.2 Å². The second-order valence-electron chi connectivity index (χ2n) is 12.0. The summed E-state index contributed by atoms with van der Waals surface area (Å²) < 4.78 is 99.5. The molecule has 7 rings (SSSR count). The summed E-state index contributed by atoms with van der Waals surface area (Å²) in [5.74, 6) is -1.29. The number of fused-ring (bicyclic) bond motifs is 1. The molecule has 2 aromatic heterocycles. The number of benzene rings is 1. The summed E-state index contributed by atoms with van der Waals surface area (Å²) in [6.07, 6.45) is -5.07. The Hall–Kier alpha value is -3.26. The van der Waals surface area contributed by atoms with Crippen LogP contribution in [0.15, 0.2) is 12.1 Å². The molecule has 3 fully saturated rings. The Kier molecular flexibility index (Phi) is 6.38. The van der Waals surface area contributed by atoms with E-state index < -0.39 is 62.8 Å². The van der Waals surface area contributed by atoms with Crippen LogP contribution in [0.5, 0.6) is 11.9 Å². The van der Waals surface area contributed by atoms with E-state index in [1.54, 1.807) is 11.9 Å². The van der Waals surface area contributed by atoms with Gasteiger partial charge in [-0.3, -0.25) is 4.90 Å². The Labute approximate surface area is 247 Å². The van der Waals surface area contributed by atoms with Gasteiger partial charge >= 0.3 is 12.2 Å². The fraction of sp³-hybridized carbons (Fsp3) is 0.536. The van der Waals surface area contributed by atoms with Gasteiger partial charge in [0.1, 0.15) is 48.0 Å². The van der Waals surface area contributed by atoms with E-state index in [9.17, 15) is 22.0 Å². The molecule has 1 spiro atoms. The number of nitrogens with zero attached hydrogens (tertiary/aromatic N) is 5. The number of rotatable bonds is 4. The molecule has 3 aromatic rings. The molecular weight excluding hydrogens is 602 g/mol. The third-order valence-electron chi connectivity index (χ3n) is 9.30. The zero-order valence-corrected chi connectivity index (χ0v) is 23.7. The van der Waals surface area contributed by atoms with Gasteiger partial charge in [0.2, 0.25) is 5.88 Å². The summed E-state index contributed by atoms with van der Waals surface area (Å²) in [5.41, 5.74) is 1.10. The fourth-order valence-corrected chi connectivity index (χ4v) is 7.46. The van der Waals surface area contributed by atoms with E-state index >= 15 is 4.39 Å². The molecule has 3 aliphatic heterocycles. The molecule has 1 saturated carbocycles. The quantitative estimate of drug-likeness (QED) is 0.289. The molecule has 0 bridgehead atoms. The summed E-state index contributed by atoms with van der Waals surface area (Å²) >= 11 is 5.96. The third-order valence-corrected chi connectivity index (χ3v) is 9.60. The summed E-state index contributed by atoms with van der Waals surface area (Å²) in [4.78, 5) is 16.7. The van der Waals surface area contributed by atoms with Gasteiger partial charge in [-0.2, -0.15) is 23.1 Å². The topological polar surface area (TPSA) is 89.6 Å². The van der Waals surface area contributed by atoms with E-state index in [0.717, 1.165) is 25.1 Å². The molecule has 1 aliphatic carbocycles. The lowest BCUT2D eigenvalue weighted by molar-refractivity contribution is -0.137. The van der Waals surface area contributed by atoms with Gasteiger partial charge in [-0.25, -0.2) is 18.2 Å². The monoisotopic (exact) mass is 628 g/mol. The molecule has 4 aliphatic rings. The Bertz CT molecular complexity index is 1640. The number of hydrogen-bond acceptors (Lipinski definition) is 8. The van der Waals surface area contributed by atoms with Gasteiger partial charge < -0.3 is 20.1 Å². The summed E-state index contributed by atoms with van der Waals surface area (Å²) in [6, 6.07) is 1.60. The minimum atomic E-state index is -4.97. The van der Waals surface area contributed by atoms with Crippen molar-refractivity contribution in [2.45, 2.75) is 61.7 Å². The number of pyridine rings is 1. The Balaban J connectivity index is 1.41. The van der Waals surface area contributed by atoms with E-state index in [2.05, 4.69) is 15.0 Å². The van der Waals surface area contributed by atoms with Crippen molar-refractivity contribution in [3.8, 4) is 23.1 Å². The number of nitrogens with two attached hydrogens (primary N) is 1. The second-order valence-corrected chi connectivity index (χ2v) is 12.4. The predicted molar refractivity (Wildman–Crippen MR) is 146 cm³/mol. The fourth-order valence-electron chi connectivity index (χ4n) is 7.12. The van der Waals surface area contributed by atoms with Gasteiger partial charge in [-0.1, -0.05) is 11.6 Å². The third kappa shape index (κ3) is 4.42. The molecular formula is C28H27ClF6N6O2. The van der Waals surface area contributed by atoms with Crippen LogP contribution in [0.2, 0.25) is 5.02 Å². The highest BCUT2D eigenvalue weighted by Gasteiger charge is 2.52. The second kappa shape index (κ2) is 9.62. The van der Waals surface area contributed by atoms with E-state index in [0.29, 0.717) is 6.42 Å². The first kappa shape index (κ1) is 28.5. The largest absolute Gasteiger partial charge is 0.475 e. The predicted octanol–water partition coefficient (Wildman–Crippen LogP) is 5.74. The molecule has 1 aromatic carbocycles. The van der Waals surface area contributed by atoms with Crippen LogP contribution in [-0.2, 0) is 6.18 Å². The molecule has 230 valence electrons. The smallest absolute Gasteiger partial charge is 0.418 e.